The Kier molecular flexibility index (Phi) is 5.90. The van der Waals surface area contributed by atoms with Gasteiger partial charge in [-0.2, -0.15) is 0 Å². The van der Waals surface area contributed by atoms with Gasteiger partial charge >= 0.3 is 5.97 Å². The van der Waals surface area contributed by atoms with E-state index in [1.165, 1.54) is 7.11 Å². The number of nitrogens with two attached hydrogens (primary N) is 1. The van der Waals surface area contributed by atoms with Gasteiger partial charge in [-0.05, 0) is 51.1 Å². The minimum atomic E-state index is -0.586. The number of nitrogens with one attached hydrogen (secondary N) is 2. The van der Waals surface area contributed by atoms with Crippen molar-refractivity contribution < 1.29 is 19.1 Å². The number of aromatic amines is 1. The molecule has 2 amide bonds. The molecule has 3 rings (SSSR count). The zero-order valence-electron chi connectivity index (χ0n) is 15.8. The summed E-state index contributed by atoms with van der Waals surface area (Å²) in [6.07, 6.45) is 1.26. The quantitative estimate of drug-likeness (QED) is 0.657. The number of hydrogen-bond donors (Lipinski definition) is 3. The number of carbonyl (C=O) groups is 3. The molecule has 0 aliphatic carbocycles. The molecule has 0 saturated carbocycles. The van der Waals surface area contributed by atoms with Gasteiger partial charge in [0.1, 0.15) is 5.69 Å². The molecule has 2 heterocycles. The van der Waals surface area contributed by atoms with Crippen molar-refractivity contribution in [2.45, 2.75) is 25.8 Å². The van der Waals surface area contributed by atoms with E-state index in [0.717, 1.165) is 0 Å². The number of piperidine rings is 1. The maximum atomic E-state index is 12.9. The van der Waals surface area contributed by atoms with Crippen molar-refractivity contribution in [3.05, 3.63) is 28.9 Å². The number of primary amides is 1. The first-order valence-corrected chi connectivity index (χ1v) is 9.43. The second-order valence-corrected chi connectivity index (χ2v) is 7.37. The second-order valence-electron chi connectivity index (χ2n) is 6.93. The third kappa shape index (κ3) is 3.98. The number of H-pyrrole nitrogens is 1. The summed E-state index contributed by atoms with van der Waals surface area (Å²) in [5.74, 6) is -1.29. The first-order valence-electron chi connectivity index (χ1n) is 9.05. The lowest BCUT2D eigenvalue weighted by Gasteiger charge is -2.34. The van der Waals surface area contributed by atoms with Crippen LogP contribution in [0.5, 0.6) is 0 Å². The van der Waals surface area contributed by atoms with E-state index in [1.807, 2.05) is 4.90 Å². The van der Waals surface area contributed by atoms with E-state index in [2.05, 4.69) is 10.3 Å². The van der Waals surface area contributed by atoms with E-state index in [1.54, 1.807) is 25.1 Å². The maximum Gasteiger partial charge on any atom is 0.356 e. The molecule has 1 fully saturated rings. The molecule has 9 heteroatoms. The van der Waals surface area contributed by atoms with Crippen molar-refractivity contribution in [1.82, 2.24) is 9.88 Å². The van der Waals surface area contributed by atoms with Crippen LogP contribution in [-0.4, -0.2) is 53.9 Å². The van der Waals surface area contributed by atoms with E-state index in [-0.39, 0.29) is 23.4 Å². The summed E-state index contributed by atoms with van der Waals surface area (Å²) in [4.78, 5) is 41.3. The third-order valence-electron chi connectivity index (χ3n) is 5.26. The fourth-order valence-corrected chi connectivity index (χ4v) is 3.69. The Hall–Kier alpha value is -2.58. The topological polar surface area (TPSA) is 118 Å². The van der Waals surface area contributed by atoms with Crippen molar-refractivity contribution >= 4 is 46.0 Å². The summed E-state index contributed by atoms with van der Waals surface area (Å²) in [6.45, 7) is 3.00. The molecule has 0 spiro atoms. The lowest BCUT2D eigenvalue weighted by atomic mass is 9.95. The van der Waals surface area contributed by atoms with Crippen LogP contribution in [0.2, 0.25) is 5.02 Å². The lowest BCUT2D eigenvalue weighted by molar-refractivity contribution is -0.124. The molecule has 0 bridgehead atoms. The molecule has 2 aromatic rings. The van der Waals surface area contributed by atoms with Crippen LogP contribution in [0.4, 0.5) is 5.69 Å². The van der Waals surface area contributed by atoms with Gasteiger partial charge in [-0.1, -0.05) is 11.6 Å². The monoisotopic (exact) mass is 406 g/mol. The number of ether oxygens (including phenoxy) is 1. The lowest BCUT2D eigenvalue weighted by Crippen LogP contribution is -2.47. The molecular formula is C19H23ClN4O4. The molecule has 1 aliphatic heterocycles. The highest BCUT2D eigenvalue weighted by atomic mass is 35.5. The molecular weight excluding hydrogens is 384 g/mol. The average Bonchev–Trinajstić information content (AvgIpc) is 3.04. The summed E-state index contributed by atoms with van der Waals surface area (Å²) in [5.41, 5.74) is 6.53. The van der Waals surface area contributed by atoms with E-state index in [0.29, 0.717) is 47.5 Å². The molecule has 1 saturated heterocycles. The number of aromatic nitrogens is 1. The summed E-state index contributed by atoms with van der Waals surface area (Å²) in [7, 11) is 1.28. The molecule has 1 atom stereocenters. The first kappa shape index (κ1) is 20.2. The number of carbonyl (C=O) groups excluding carboxylic acids is 3. The Morgan fingerprint density at radius 2 is 2.00 bits per heavy atom. The molecule has 8 nitrogen and oxygen atoms in total. The van der Waals surface area contributed by atoms with Gasteiger partial charge < -0.3 is 20.8 Å². The number of benzene rings is 1. The second kappa shape index (κ2) is 8.20. The van der Waals surface area contributed by atoms with Gasteiger partial charge in [0.2, 0.25) is 11.8 Å². The average molecular weight is 407 g/mol. The Morgan fingerprint density at radius 3 is 2.61 bits per heavy atom. The Labute approximate surface area is 167 Å². The predicted molar refractivity (Wildman–Crippen MR) is 106 cm³/mol. The first-order chi connectivity index (χ1) is 13.3. The van der Waals surface area contributed by atoms with E-state index < -0.39 is 12.0 Å². The number of esters is 1. The van der Waals surface area contributed by atoms with Crippen LogP contribution < -0.4 is 11.1 Å². The zero-order chi connectivity index (χ0) is 20.4. The van der Waals surface area contributed by atoms with Gasteiger partial charge in [0, 0.05) is 21.8 Å². The van der Waals surface area contributed by atoms with Gasteiger partial charge in [0.25, 0.3) is 0 Å². The highest BCUT2D eigenvalue weighted by Crippen LogP contribution is 2.31. The molecule has 1 aromatic carbocycles. The molecule has 0 radical (unpaired) electrons. The van der Waals surface area contributed by atoms with Gasteiger partial charge in [0.05, 0.1) is 18.8 Å². The molecule has 1 aliphatic rings. The van der Waals surface area contributed by atoms with E-state index >= 15 is 0 Å². The summed E-state index contributed by atoms with van der Waals surface area (Å²) in [5, 5.41) is 3.96. The fourth-order valence-electron chi connectivity index (χ4n) is 3.51. The minimum Gasteiger partial charge on any atom is -0.464 e. The smallest absolute Gasteiger partial charge is 0.356 e. The number of nitrogens with zero attached hydrogens (tertiary/aromatic N) is 1. The number of amides is 2. The number of anilines is 1. The van der Waals surface area contributed by atoms with Crippen molar-refractivity contribution in [2.75, 3.05) is 25.5 Å². The number of fused-ring (bicyclic) bond motifs is 1. The van der Waals surface area contributed by atoms with Gasteiger partial charge in [0.15, 0.2) is 0 Å². The Morgan fingerprint density at radius 1 is 1.32 bits per heavy atom. The van der Waals surface area contributed by atoms with E-state index in [4.69, 9.17) is 22.1 Å². The molecule has 150 valence electrons. The molecule has 1 aromatic heterocycles. The van der Waals surface area contributed by atoms with Crippen molar-refractivity contribution in [3.8, 4) is 0 Å². The number of hydrogen-bond acceptors (Lipinski definition) is 5. The largest absolute Gasteiger partial charge is 0.464 e. The number of likely N-dealkylation sites (tertiary alicyclic amines) is 1. The van der Waals surface area contributed by atoms with Crippen LogP contribution in [0.25, 0.3) is 10.9 Å². The van der Waals surface area contributed by atoms with Crippen LogP contribution in [0.3, 0.4) is 0 Å². The highest BCUT2D eigenvalue weighted by molar-refractivity contribution is 6.31. The molecule has 28 heavy (non-hydrogen) atoms. The van der Waals surface area contributed by atoms with Crippen LogP contribution >= 0.6 is 11.6 Å². The molecule has 4 N–H and O–H groups in total. The maximum absolute atomic E-state index is 12.9. The minimum absolute atomic E-state index is 0.145. The number of methoxy groups -OCH3 is 1. The van der Waals surface area contributed by atoms with Crippen LogP contribution in [-0.2, 0) is 14.3 Å². The van der Waals surface area contributed by atoms with E-state index in [9.17, 15) is 14.4 Å². The van der Waals surface area contributed by atoms with Crippen molar-refractivity contribution in [1.29, 1.82) is 0 Å². The summed E-state index contributed by atoms with van der Waals surface area (Å²) in [6, 6.07) is 4.66. The van der Waals surface area contributed by atoms with Gasteiger partial charge in [-0.3, -0.25) is 14.5 Å². The molecule has 0 unspecified atom stereocenters. The Balaban J connectivity index is 1.81. The number of rotatable bonds is 5. The fraction of sp³-hybridized carbons (Fsp3) is 0.421. The number of halogens is 1. The van der Waals surface area contributed by atoms with Crippen molar-refractivity contribution in [3.63, 3.8) is 0 Å². The van der Waals surface area contributed by atoms with Crippen LogP contribution in [0.1, 0.15) is 30.3 Å². The Bertz CT molecular complexity index is 918. The van der Waals surface area contributed by atoms with Gasteiger partial charge in [-0.15, -0.1) is 0 Å². The summed E-state index contributed by atoms with van der Waals surface area (Å²) < 4.78 is 4.82. The van der Waals surface area contributed by atoms with Gasteiger partial charge in [-0.25, -0.2) is 4.79 Å². The zero-order valence-corrected chi connectivity index (χ0v) is 16.5. The SMILES string of the molecule is COC(=O)c1[nH]c2ccc(Cl)cc2c1NC(=O)[C@H](C)N1CCC(C(N)=O)CC1. The summed E-state index contributed by atoms with van der Waals surface area (Å²) >= 11 is 6.08. The predicted octanol–water partition coefficient (Wildman–Crippen LogP) is 2.13. The normalized spacial score (nSPS) is 16.7. The standard InChI is InChI=1S/C19H23ClN4O4/c1-10(24-7-5-11(6-8-24)17(21)25)18(26)23-15-13-9-12(20)3-4-14(13)22-16(15)19(27)28-2/h3-4,9-11,22H,5-8H2,1-2H3,(H2,21,25)(H,23,26)/t10-/m0/s1. The van der Waals surface area contributed by atoms with Crippen LogP contribution in [0, 0.1) is 5.92 Å². The van der Waals surface area contributed by atoms with Crippen molar-refractivity contribution in [2.24, 2.45) is 11.7 Å². The van der Waals surface area contributed by atoms with Crippen LogP contribution in [0.15, 0.2) is 18.2 Å². The third-order valence-corrected chi connectivity index (χ3v) is 5.49. The highest BCUT2D eigenvalue weighted by Gasteiger charge is 2.30.